The zero-order chi connectivity index (χ0) is 10.0. The molecule has 0 radical (unpaired) electrons. The van der Waals surface area contributed by atoms with Crippen molar-refractivity contribution in [3.05, 3.63) is 39.2 Å². The minimum Gasteiger partial charge on any atom is -0.258 e. The van der Waals surface area contributed by atoms with Crippen molar-refractivity contribution in [1.29, 1.82) is 0 Å². The van der Waals surface area contributed by atoms with Gasteiger partial charge in [0.15, 0.2) is 0 Å². The van der Waals surface area contributed by atoms with Crippen LogP contribution in [0.2, 0.25) is 0 Å². The first-order valence-electron chi connectivity index (χ1n) is 3.55. The highest BCUT2D eigenvalue weighted by Crippen LogP contribution is 2.23. The summed E-state index contributed by atoms with van der Waals surface area (Å²) in [5, 5.41) is 10.9. The van der Waals surface area contributed by atoms with Gasteiger partial charge in [0.05, 0.1) is 4.92 Å². The largest absolute Gasteiger partial charge is 0.305 e. The van der Waals surface area contributed by atoms with Gasteiger partial charge in [-0.25, -0.2) is 0 Å². The van der Waals surface area contributed by atoms with E-state index in [1.807, 2.05) is 0 Å². The molecule has 0 aliphatic carbocycles. The van der Waals surface area contributed by atoms with Crippen LogP contribution >= 0.6 is 15.9 Å². The molecule has 0 amide bonds. The maximum absolute atomic E-state index is 13.1. The van der Waals surface area contributed by atoms with E-state index in [1.54, 1.807) is 6.07 Å². The summed E-state index contributed by atoms with van der Waals surface area (Å²) in [4.78, 5) is 9.68. The van der Waals surface area contributed by atoms with E-state index < -0.39 is 16.4 Å². The third kappa shape index (κ3) is 2.03. The second-order valence-electron chi connectivity index (χ2n) is 2.64. The number of nitro benzene ring substituents is 1. The third-order valence-electron chi connectivity index (χ3n) is 1.65. The van der Waals surface area contributed by atoms with Gasteiger partial charge in [-0.1, -0.05) is 22.0 Å². The second kappa shape index (κ2) is 3.83. The number of nitro groups is 1. The number of aryl methyl sites for hydroxylation is 1. The van der Waals surface area contributed by atoms with Crippen LogP contribution < -0.4 is 0 Å². The van der Waals surface area contributed by atoms with Crippen molar-refractivity contribution >= 4 is 21.6 Å². The minimum atomic E-state index is -0.755. The summed E-state index contributed by atoms with van der Waals surface area (Å²) in [5.74, 6) is -0.755. The van der Waals surface area contributed by atoms with Crippen LogP contribution in [0, 0.1) is 22.9 Å². The Bertz CT molecular complexity index is 354. The molecule has 0 atom stereocenters. The van der Waals surface area contributed by atoms with Gasteiger partial charge < -0.3 is 0 Å². The molecule has 0 spiro atoms. The van der Waals surface area contributed by atoms with Crippen molar-refractivity contribution in [2.45, 2.75) is 12.3 Å². The summed E-state index contributed by atoms with van der Waals surface area (Å²) < 4.78 is 13.1. The average molecular weight is 248 g/mol. The standard InChI is InChI=1S/C8H7BrFNO2/c1-5-2-6(4-9)3-7(8(5)10)11(12)13/h2-3H,4H2,1H3. The minimum absolute atomic E-state index is 0.295. The fourth-order valence-corrected chi connectivity index (χ4v) is 1.36. The Morgan fingerprint density at radius 1 is 1.62 bits per heavy atom. The Balaban J connectivity index is 3.33. The molecule has 0 saturated heterocycles. The van der Waals surface area contributed by atoms with Crippen LogP contribution in [0.3, 0.4) is 0 Å². The van der Waals surface area contributed by atoms with E-state index in [-0.39, 0.29) is 0 Å². The molecule has 13 heavy (non-hydrogen) atoms. The zero-order valence-corrected chi connectivity index (χ0v) is 8.47. The van der Waals surface area contributed by atoms with E-state index in [1.165, 1.54) is 13.0 Å². The Morgan fingerprint density at radius 3 is 2.69 bits per heavy atom. The normalized spacial score (nSPS) is 10.1. The molecular formula is C8H7BrFNO2. The fraction of sp³-hybridized carbons (Fsp3) is 0.250. The Labute approximate surface area is 82.8 Å². The molecule has 0 heterocycles. The molecule has 70 valence electrons. The number of rotatable bonds is 2. The highest BCUT2D eigenvalue weighted by Gasteiger charge is 2.16. The molecule has 1 aromatic rings. The molecule has 0 bridgehead atoms. The fourth-order valence-electron chi connectivity index (χ4n) is 1.03. The van der Waals surface area contributed by atoms with Crippen molar-refractivity contribution in [1.82, 2.24) is 0 Å². The van der Waals surface area contributed by atoms with Gasteiger partial charge in [0.25, 0.3) is 0 Å². The summed E-state index contributed by atoms with van der Waals surface area (Å²) in [6.45, 7) is 1.51. The number of alkyl halides is 1. The number of hydrogen-bond donors (Lipinski definition) is 0. The lowest BCUT2D eigenvalue weighted by Crippen LogP contribution is -1.96. The number of halogens is 2. The quantitative estimate of drug-likeness (QED) is 0.458. The summed E-state index contributed by atoms with van der Waals surface area (Å²) in [7, 11) is 0. The van der Waals surface area contributed by atoms with Crippen molar-refractivity contribution in [2.24, 2.45) is 0 Å². The van der Waals surface area contributed by atoms with Crippen LogP contribution in [0.25, 0.3) is 0 Å². The van der Waals surface area contributed by atoms with E-state index in [9.17, 15) is 14.5 Å². The first-order chi connectivity index (χ1) is 6.06. The average Bonchev–Trinajstić information content (AvgIpc) is 2.09. The zero-order valence-electron chi connectivity index (χ0n) is 6.88. The molecular weight excluding hydrogens is 241 g/mol. The lowest BCUT2D eigenvalue weighted by molar-refractivity contribution is -0.387. The predicted octanol–water partition coefficient (Wildman–Crippen LogP) is 2.94. The topological polar surface area (TPSA) is 43.1 Å². The summed E-state index contributed by atoms with van der Waals surface area (Å²) in [5.41, 5.74) is 0.531. The van der Waals surface area contributed by atoms with Crippen molar-refractivity contribution in [2.75, 3.05) is 0 Å². The molecule has 0 aromatic heterocycles. The predicted molar refractivity (Wildman–Crippen MR) is 50.4 cm³/mol. The molecule has 0 unspecified atom stereocenters. The van der Waals surface area contributed by atoms with Crippen molar-refractivity contribution < 1.29 is 9.31 Å². The molecule has 0 saturated carbocycles. The number of hydrogen-bond acceptors (Lipinski definition) is 2. The van der Waals surface area contributed by atoms with Crippen LogP contribution in [0.15, 0.2) is 12.1 Å². The van der Waals surface area contributed by atoms with Gasteiger partial charge in [0.2, 0.25) is 5.82 Å². The first-order valence-corrected chi connectivity index (χ1v) is 4.67. The third-order valence-corrected chi connectivity index (χ3v) is 2.29. The number of nitrogens with zero attached hydrogens (tertiary/aromatic N) is 1. The summed E-state index contributed by atoms with van der Waals surface area (Å²) in [6.07, 6.45) is 0. The molecule has 0 fully saturated rings. The Kier molecular flexibility index (Phi) is 2.98. The molecule has 0 N–H and O–H groups in total. The van der Waals surface area contributed by atoms with Gasteiger partial charge in [0.1, 0.15) is 0 Å². The van der Waals surface area contributed by atoms with Gasteiger partial charge >= 0.3 is 5.69 Å². The van der Waals surface area contributed by atoms with Gasteiger partial charge in [-0.05, 0) is 18.1 Å². The SMILES string of the molecule is Cc1cc(CBr)cc([N+](=O)[O-])c1F. The highest BCUT2D eigenvalue weighted by molar-refractivity contribution is 9.08. The van der Waals surface area contributed by atoms with Crippen LogP contribution in [-0.2, 0) is 5.33 Å². The highest BCUT2D eigenvalue weighted by atomic mass is 79.9. The molecule has 1 rings (SSSR count). The van der Waals surface area contributed by atoms with E-state index in [0.717, 1.165) is 0 Å². The Morgan fingerprint density at radius 2 is 2.23 bits per heavy atom. The van der Waals surface area contributed by atoms with E-state index in [4.69, 9.17) is 0 Å². The molecule has 3 nitrogen and oxygen atoms in total. The van der Waals surface area contributed by atoms with Crippen LogP contribution in [-0.4, -0.2) is 4.92 Å². The van der Waals surface area contributed by atoms with E-state index in [0.29, 0.717) is 16.5 Å². The maximum atomic E-state index is 13.1. The summed E-state index contributed by atoms with van der Waals surface area (Å²) >= 11 is 3.15. The number of benzene rings is 1. The monoisotopic (exact) mass is 247 g/mol. The molecule has 0 aliphatic rings. The van der Waals surface area contributed by atoms with Crippen molar-refractivity contribution in [3.8, 4) is 0 Å². The van der Waals surface area contributed by atoms with Gasteiger partial charge in [-0.2, -0.15) is 4.39 Å². The maximum Gasteiger partial charge on any atom is 0.305 e. The van der Waals surface area contributed by atoms with Crippen LogP contribution in [0.4, 0.5) is 10.1 Å². The van der Waals surface area contributed by atoms with Crippen LogP contribution in [0.5, 0.6) is 0 Å². The van der Waals surface area contributed by atoms with Crippen LogP contribution in [0.1, 0.15) is 11.1 Å². The summed E-state index contributed by atoms with van der Waals surface area (Å²) in [6, 6.07) is 2.81. The van der Waals surface area contributed by atoms with E-state index >= 15 is 0 Å². The smallest absolute Gasteiger partial charge is 0.258 e. The molecule has 0 aliphatic heterocycles. The lowest BCUT2D eigenvalue weighted by Gasteiger charge is -2.00. The molecule has 1 aromatic carbocycles. The molecule has 5 heteroatoms. The van der Waals surface area contributed by atoms with Gasteiger partial charge in [-0.3, -0.25) is 10.1 Å². The van der Waals surface area contributed by atoms with Crippen molar-refractivity contribution in [3.63, 3.8) is 0 Å². The first kappa shape index (κ1) is 10.1. The van der Waals surface area contributed by atoms with Gasteiger partial charge in [0, 0.05) is 11.4 Å². The lowest BCUT2D eigenvalue weighted by atomic mass is 10.1. The van der Waals surface area contributed by atoms with Gasteiger partial charge in [-0.15, -0.1) is 0 Å². The second-order valence-corrected chi connectivity index (χ2v) is 3.20. The van der Waals surface area contributed by atoms with E-state index in [2.05, 4.69) is 15.9 Å². The Hall–Kier alpha value is -0.970.